The molecule has 0 atom stereocenters. The second-order valence-corrected chi connectivity index (χ2v) is 8.54. The van der Waals surface area contributed by atoms with Crippen molar-refractivity contribution in [3.63, 3.8) is 0 Å². The van der Waals surface area contributed by atoms with Gasteiger partial charge in [-0.2, -0.15) is 0 Å². The average Bonchev–Trinajstić information content (AvgIpc) is 3.39. The Morgan fingerprint density at radius 3 is 2.70 bits per heavy atom. The van der Waals surface area contributed by atoms with Crippen molar-refractivity contribution in [2.24, 2.45) is 0 Å². The first-order valence-corrected chi connectivity index (χ1v) is 11.3. The van der Waals surface area contributed by atoms with Gasteiger partial charge >= 0.3 is 0 Å². The first-order valence-electron chi connectivity index (χ1n) is 10.3. The minimum Gasteiger partial charge on any atom is -0.379 e. The Hall–Kier alpha value is -2.61. The van der Waals surface area contributed by atoms with E-state index in [0.717, 1.165) is 71.7 Å². The van der Waals surface area contributed by atoms with Crippen molar-refractivity contribution >= 4 is 22.7 Å². The SMILES string of the molecule is Cc1ccccc1-n1c(SCCN2CCOCC2)nnc1-c1c[nH]c2ccccc12. The van der Waals surface area contributed by atoms with Crippen LogP contribution in [-0.4, -0.2) is 63.2 Å². The monoisotopic (exact) mass is 419 g/mol. The molecule has 6 nitrogen and oxygen atoms in total. The lowest BCUT2D eigenvalue weighted by atomic mass is 10.1. The molecule has 0 saturated carbocycles. The fraction of sp³-hybridized carbons (Fsp3) is 0.304. The highest BCUT2D eigenvalue weighted by Crippen LogP contribution is 2.33. The molecule has 30 heavy (non-hydrogen) atoms. The molecule has 0 spiro atoms. The molecule has 1 aliphatic heterocycles. The van der Waals surface area contributed by atoms with Gasteiger partial charge in [0, 0.05) is 48.1 Å². The number of morpholine rings is 1. The summed E-state index contributed by atoms with van der Waals surface area (Å²) in [6.45, 7) is 6.83. The molecule has 1 saturated heterocycles. The van der Waals surface area contributed by atoms with Crippen LogP contribution in [0.1, 0.15) is 5.56 Å². The second kappa shape index (κ2) is 8.63. The van der Waals surface area contributed by atoms with Crippen LogP contribution in [0.25, 0.3) is 28.0 Å². The number of rotatable bonds is 6. The van der Waals surface area contributed by atoms with Gasteiger partial charge < -0.3 is 9.72 Å². The van der Waals surface area contributed by atoms with Crippen LogP contribution in [0.2, 0.25) is 0 Å². The van der Waals surface area contributed by atoms with Crippen LogP contribution in [0.5, 0.6) is 0 Å². The van der Waals surface area contributed by atoms with Gasteiger partial charge in [0.2, 0.25) is 0 Å². The molecule has 154 valence electrons. The number of aryl methyl sites for hydroxylation is 1. The van der Waals surface area contributed by atoms with Crippen LogP contribution < -0.4 is 0 Å². The highest BCUT2D eigenvalue weighted by atomic mass is 32.2. The summed E-state index contributed by atoms with van der Waals surface area (Å²) in [5.41, 5.74) is 4.50. The molecule has 0 bridgehead atoms. The van der Waals surface area contributed by atoms with Gasteiger partial charge in [-0.05, 0) is 24.6 Å². The van der Waals surface area contributed by atoms with E-state index in [1.165, 1.54) is 5.56 Å². The van der Waals surface area contributed by atoms with Gasteiger partial charge in [0.25, 0.3) is 0 Å². The number of nitrogens with zero attached hydrogens (tertiary/aromatic N) is 4. The van der Waals surface area contributed by atoms with Gasteiger partial charge in [-0.25, -0.2) is 0 Å². The lowest BCUT2D eigenvalue weighted by molar-refractivity contribution is 0.0410. The second-order valence-electron chi connectivity index (χ2n) is 7.48. The van der Waals surface area contributed by atoms with Crippen molar-refractivity contribution in [2.75, 3.05) is 38.6 Å². The Balaban J connectivity index is 1.50. The van der Waals surface area contributed by atoms with E-state index in [2.05, 4.69) is 74.0 Å². The molecule has 7 heteroatoms. The third kappa shape index (κ3) is 3.76. The van der Waals surface area contributed by atoms with Crippen molar-refractivity contribution < 1.29 is 4.74 Å². The van der Waals surface area contributed by atoms with E-state index in [1.54, 1.807) is 11.8 Å². The van der Waals surface area contributed by atoms with E-state index in [4.69, 9.17) is 4.74 Å². The molecule has 5 rings (SSSR count). The Bertz CT molecular complexity index is 1150. The summed E-state index contributed by atoms with van der Waals surface area (Å²) in [6.07, 6.45) is 2.03. The summed E-state index contributed by atoms with van der Waals surface area (Å²) in [6, 6.07) is 16.7. The van der Waals surface area contributed by atoms with Crippen molar-refractivity contribution in [1.29, 1.82) is 0 Å². The fourth-order valence-corrected chi connectivity index (χ4v) is 4.86. The van der Waals surface area contributed by atoms with Gasteiger partial charge in [0.1, 0.15) is 0 Å². The maximum absolute atomic E-state index is 5.46. The lowest BCUT2D eigenvalue weighted by Gasteiger charge is -2.26. The number of thioether (sulfide) groups is 1. The summed E-state index contributed by atoms with van der Waals surface area (Å²) in [4.78, 5) is 5.82. The van der Waals surface area contributed by atoms with Crippen LogP contribution in [-0.2, 0) is 4.74 Å². The zero-order valence-corrected chi connectivity index (χ0v) is 17.9. The molecule has 1 aliphatic rings. The van der Waals surface area contributed by atoms with Crippen molar-refractivity contribution in [2.45, 2.75) is 12.1 Å². The number of H-pyrrole nitrogens is 1. The predicted molar refractivity (Wildman–Crippen MR) is 121 cm³/mol. The van der Waals surface area contributed by atoms with E-state index in [9.17, 15) is 0 Å². The third-order valence-corrected chi connectivity index (χ3v) is 6.47. The number of fused-ring (bicyclic) bond motifs is 1. The van der Waals surface area contributed by atoms with Crippen LogP contribution in [0.3, 0.4) is 0 Å². The number of benzene rings is 2. The third-order valence-electron chi connectivity index (χ3n) is 5.56. The van der Waals surface area contributed by atoms with Crippen LogP contribution >= 0.6 is 11.8 Å². The highest BCUT2D eigenvalue weighted by Gasteiger charge is 2.20. The van der Waals surface area contributed by atoms with Crippen molar-refractivity contribution in [3.8, 4) is 17.1 Å². The molecule has 1 N–H and O–H groups in total. The van der Waals surface area contributed by atoms with Crippen LogP contribution in [0.15, 0.2) is 59.9 Å². The molecule has 3 heterocycles. The normalized spacial score (nSPS) is 15.1. The van der Waals surface area contributed by atoms with Gasteiger partial charge in [-0.15, -0.1) is 10.2 Å². The lowest BCUT2D eigenvalue weighted by Crippen LogP contribution is -2.37. The number of para-hydroxylation sites is 2. The number of aromatic amines is 1. The van der Waals surface area contributed by atoms with E-state index in [0.29, 0.717) is 0 Å². The maximum atomic E-state index is 5.46. The molecular formula is C23H25N5OS. The molecular weight excluding hydrogens is 394 g/mol. The molecule has 0 aliphatic carbocycles. The number of aromatic nitrogens is 4. The van der Waals surface area contributed by atoms with E-state index in [-0.39, 0.29) is 0 Å². The summed E-state index contributed by atoms with van der Waals surface area (Å²) in [5, 5.41) is 11.3. The van der Waals surface area contributed by atoms with Crippen LogP contribution in [0.4, 0.5) is 0 Å². The molecule has 0 unspecified atom stereocenters. The number of ether oxygens (including phenoxy) is 1. The molecule has 2 aromatic carbocycles. The quantitative estimate of drug-likeness (QED) is 0.476. The summed E-state index contributed by atoms with van der Waals surface area (Å²) in [5.74, 6) is 1.84. The largest absolute Gasteiger partial charge is 0.379 e. The zero-order valence-electron chi connectivity index (χ0n) is 17.0. The first-order chi connectivity index (χ1) is 14.8. The van der Waals surface area contributed by atoms with Gasteiger partial charge in [0.05, 0.1) is 18.9 Å². The minimum absolute atomic E-state index is 0.828. The summed E-state index contributed by atoms with van der Waals surface area (Å²) in [7, 11) is 0. The zero-order chi connectivity index (χ0) is 20.3. The Labute approximate surface area is 180 Å². The van der Waals surface area contributed by atoms with Crippen molar-refractivity contribution in [1.82, 2.24) is 24.6 Å². The van der Waals surface area contributed by atoms with E-state index in [1.807, 2.05) is 12.3 Å². The Morgan fingerprint density at radius 2 is 1.83 bits per heavy atom. The first kappa shape index (κ1) is 19.4. The predicted octanol–water partition coefficient (Wildman–Crippen LogP) is 4.15. The Morgan fingerprint density at radius 1 is 1.03 bits per heavy atom. The molecule has 2 aromatic heterocycles. The minimum atomic E-state index is 0.828. The van der Waals surface area contributed by atoms with E-state index < -0.39 is 0 Å². The smallest absolute Gasteiger partial charge is 0.196 e. The number of nitrogens with one attached hydrogen (secondary N) is 1. The van der Waals surface area contributed by atoms with Crippen molar-refractivity contribution in [3.05, 3.63) is 60.3 Å². The fourth-order valence-electron chi connectivity index (χ4n) is 3.92. The van der Waals surface area contributed by atoms with E-state index >= 15 is 0 Å². The number of hydrogen-bond acceptors (Lipinski definition) is 5. The molecule has 0 amide bonds. The highest BCUT2D eigenvalue weighted by molar-refractivity contribution is 7.99. The number of hydrogen-bond donors (Lipinski definition) is 1. The topological polar surface area (TPSA) is 59.0 Å². The summed E-state index contributed by atoms with van der Waals surface area (Å²) >= 11 is 1.76. The standard InChI is InChI=1S/C23H25N5OS/c1-17-6-2-5-9-21(17)28-22(19-16-24-20-8-4-3-7-18(19)20)25-26-23(28)30-15-12-27-10-13-29-14-11-27/h2-9,16,24H,10-15H2,1H3. The average molecular weight is 420 g/mol. The molecule has 1 fully saturated rings. The van der Waals surface area contributed by atoms with Crippen LogP contribution in [0, 0.1) is 6.92 Å². The Kier molecular flexibility index (Phi) is 5.57. The molecule has 4 aromatic rings. The summed E-state index contributed by atoms with van der Waals surface area (Å²) < 4.78 is 7.66. The maximum Gasteiger partial charge on any atom is 0.196 e. The van der Waals surface area contributed by atoms with Gasteiger partial charge in [-0.3, -0.25) is 9.47 Å². The van der Waals surface area contributed by atoms with Gasteiger partial charge in [0.15, 0.2) is 11.0 Å². The molecule has 0 radical (unpaired) electrons. The van der Waals surface area contributed by atoms with Gasteiger partial charge in [-0.1, -0.05) is 48.2 Å².